The topological polar surface area (TPSA) is 108 Å². The molecule has 0 unspecified atom stereocenters. The molecule has 4 rings (SSSR count). The lowest BCUT2D eigenvalue weighted by atomic mass is 10.0. The molecule has 0 radical (unpaired) electrons. The predicted molar refractivity (Wildman–Crippen MR) is 83.9 cm³/mol. The highest BCUT2D eigenvalue weighted by Crippen LogP contribution is 2.29. The van der Waals surface area contributed by atoms with E-state index in [1.54, 1.807) is 18.2 Å². The van der Waals surface area contributed by atoms with Crippen molar-refractivity contribution in [2.24, 2.45) is 0 Å². The van der Waals surface area contributed by atoms with Crippen molar-refractivity contribution in [3.8, 4) is 22.6 Å². The zero-order valence-electron chi connectivity index (χ0n) is 11.8. The number of rotatable bonds is 3. The van der Waals surface area contributed by atoms with E-state index in [4.69, 9.17) is 5.11 Å². The Morgan fingerprint density at radius 3 is 2.74 bits per heavy atom. The number of aromatic nitrogens is 5. The highest BCUT2D eigenvalue weighted by molar-refractivity contribution is 5.97. The van der Waals surface area contributed by atoms with Crippen molar-refractivity contribution in [2.45, 2.75) is 0 Å². The highest BCUT2D eigenvalue weighted by Gasteiger charge is 2.12. The molecular weight excluding hydrogens is 294 g/mol. The fraction of sp³-hybridized carbons (Fsp3) is 0. The number of carboxylic acids is 1. The normalized spacial score (nSPS) is 11.0. The maximum Gasteiger partial charge on any atom is 0.335 e. The number of fused-ring (bicyclic) bond motifs is 1. The van der Waals surface area contributed by atoms with Gasteiger partial charge in [-0.2, -0.15) is 10.2 Å². The molecule has 0 fully saturated rings. The Kier molecular flexibility index (Phi) is 2.90. The Morgan fingerprint density at radius 2 is 1.96 bits per heavy atom. The molecule has 0 amide bonds. The van der Waals surface area contributed by atoms with Gasteiger partial charge in [-0.25, -0.2) is 9.78 Å². The molecule has 0 spiro atoms. The first-order valence-corrected chi connectivity index (χ1v) is 6.90. The van der Waals surface area contributed by atoms with Crippen LogP contribution in [0.25, 0.3) is 33.5 Å². The van der Waals surface area contributed by atoms with Crippen LogP contribution in [0.5, 0.6) is 0 Å². The van der Waals surface area contributed by atoms with Crippen LogP contribution in [0.3, 0.4) is 0 Å². The fourth-order valence-corrected chi connectivity index (χ4v) is 2.53. The zero-order valence-corrected chi connectivity index (χ0v) is 11.8. The van der Waals surface area contributed by atoms with Gasteiger partial charge in [0.05, 0.1) is 16.8 Å². The molecule has 112 valence electrons. The predicted octanol–water partition coefficient (Wildman–Crippen LogP) is 2.71. The van der Waals surface area contributed by atoms with E-state index in [2.05, 4.69) is 25.4 Å². The van der Waals surface area contributed by atoms with E-state index in [-0.39, 0.29) is 5.56 Å². The van der Waals surface area contributed by atoms with Crippen LogP contribution >= 0.6 is 0 Å². The lowest BCUT2D eigenvalue weighted by Crippen LogP contribution is -1.95. The van der Waals surface area contributed by atoms with Crippen molar-refractivity contribution in [2.75, 3.05) is 0 Å². The number of H-pyrrole nitrogens is 2. The number of benzene rings is 2. The van der Waals surface area contributed by atoms with Crippen LogP contribution in [0.4, 0.5) is 0 Å². The Morgan fingerprint density at radius 1 is 1.04 bits per heavy atom. The van der Waals surface area contributed by atoms with Crippen LogP contribution < -0.4 is 0 Å². The number of nitrogens with one attached hydrogen (secondary N) is 2. The summed E-state index contributed by atoms with van der Waals surface area (Å²) in [5.41, 5.74) is 3.41. The molecule has 2 heterocycles. The summed E-state index contributed by atoms with van der Waals surface area (Å²) in [5, 5.41) is 24.0. The second-order valence-electron chi connectivity index (χ2n) is 5.05. The lowest BCUT2D eigenvalue weighted by Gasteiger charge is -2.01. The molecule has 3 N–H and O–H groups in total. The van der Waals surface area contributed by atoms with Crippen molar-refractivity contribution in [3.63, 3.8) is 0 Å². The van der Waals surface area contributed by atoms with Gasteiger partial charge in [-0.15, -0.1) is 0 Å². The van der Waals surface area contributed by atoms with Gasteiger partial charge < -0.3 is 5.11 Å². The summed E-state index contributed by atoms with van der Waals surface area (Å²) in [6.45, 7) is 0. The van der Waals surface area contributed by atoms with Crippen molar-refractivity contribution < 1.29 is 9.90 Å². The molecule has 0 saturated carbocycles. The van der Waals surface area contributed by atoms with Gasteiger partial charge in [-0.1, -0.05) is 12.1 Å². The third kappa shape index (κ3) is 2.24. The quantitative estimate of drug-likeness (QED) is 0.539. The SMILES string of the molecule is O=C(O)c1cccc(-c2n[nH]c3ccc(-c4ncn[nH]4)cc23)c1. The summed E-state index contributed by atoms with van der Waals surface area (Å²) < 4.78 is 0. The number of carbonyl (C=O) groups is 1. The zero-order chi connectivity index (χ0) is 15.8. The van der Waals surface area contributed by atoms with Crippen molar-refractivity contribution in [3.05, 3.63) is 54.4 Å². The maximum absolute atomic E-state index is 11.1. The number of hydrogen-bond donors (Lipinski definition) is 3. The van der Waals surface area contributed by atoms with E-state index in [1.807, 2.05) is 24.3 Å². The molecule has 4 aromatic rings. The van der Waals surface area contributed by atoms with Gasteiger partial charge in [-0.3, -0.25) is 10.2 Å². The summed E-state index contributed by atoms with van der Waals surface area (Å²) in [6.07, 6.45) is 1.45. The average molecular weight is 305 g/mol. The number of aromatic carboxylic acids is 1. The van der Waals surface area contributed by atoms with E-state index in [1.165, 1.54) is 6.33 Å². The molecule has 0 saturated heterocycles. The molecule has 0 bridgehead atoms. The van der Waals surface area contributed by atoms with Crippen LogP contribution in [-0.4, -0.2) is 36.5 Å². The Balaban J connectivity index is 1.89. The summed E-state index contributed by atoms with van der Waals surface area (Å²) in [4.78, 5) is 15.3. The van der Waals surface area contributed by atoms with Gasteiger partial charge in [-0.05, 0) is 30.3 Å². The lowest BCUT2D eigenvalue weighted by molar-refractivity contribution is 0.0697. The van der Waals surface area contributed by atoms with Crippen molar-refractivity contribution >= 4 is 16.9 Å². The second kappa shape index (κ2) is 5.06. The van der Waals surface area contributed by atoms with E-state index in [9.17, 15) is 4.79 Å². The molecular formula is C16H11N5O2. The minimum atomic E-state index is -0.964. The van der Waals surface area contributed by atoms with Gasteiger partial charge >= 0.3 is 5.97 Å². The average Bonchev–Trinajstić information content (AvgIpc) is 3.24. The molecule has 0 atom stereocenters. The van der Waals surface area contributed by atoms with Gasteiger partial charge in [0.25, 0.3) is 0 Å². The minimum Gasteiger partial charge on any atom is -0.478 e. The van der Waals surface area contributed by atoms with Crippen molar-refractivity contribution in [1.29, 1.82) is 0 Å². The van der Waals surface area contributed by atoms with Crippen LogP contribution in [0.15, 0.2) is 48.8 Å². The monoisotopic (exact) mass is 305 g/mol. The third-order valence-electron chi connectivity index (χ3n) is 3.63. The first-order valence-electron chi connectivity index (χ1n) is 6.90. The molecule has 23 heavy (non-hydrogen) atoms. The van der Waals surface area contributed by atoms with Crippen LogP contribution in [-0.2, 0) is 0 Å². The summed E-state index contributed by atoms with van der Waals surface area (Å²) >= 11 is 0. The van der Waals surface area contributed by atoms with Crippen LogP contribution in [0.2, 0.25) is 0 Å². The van der Waals surface area contributed by atoms with Crippen LogP contribution in [0.1, 0.15) is 10.4 Å². The number of aromatic amines is 2. The van der Waals surface area contributed by atoms with E-state index >= 15 is 0 Å². The molecule has 0 aliphatic rings. The molecule has 0 aliphatic heterocycles. The third-order valence-corrected chi connectivity index (χ3v) is 3.63. The van der Waals surface area contributed by atoms with E-state index < -0.39 is 5.97 Å². The molecule has 0 aliphatic carbocycles. The van der Waals surface area contributed by atoms with E-state index in [0.29, 0.717) is 11.5 Å². The Labute approximate surface area is 130 Å². The first-order chi connectivity index (χ1) is 11.2. The van der Waals surface area contributed by atoms with Crippen molar-refractivity contribution in [1.82, 2.24) is 25.4 Å². The fourth-order valence-electron chi connectivity index (χ4n) is 2.53. The summed E-state index contributed by atoms with van der Waals surface area (Å²) in [6, 6.07) is 12.5. The molecule has 7 heteroatoms. The Bertz CT molecular complexity index is 1000. The standard InChI is InChI=1S/C16H11N5O2/c22-16(23)11-3-1-2-9(6-11)14-12-7-10(15-17-8-18-21-15)4-5-13(12)19-20-14/h1-8H,(H,19,20)(H,22,23)(H,17,18,21). The van der Waals surface area contributed by atoms with Gasteiger partial charge in [0, 0.05) is 16.5 Å². The van der Waals surface area contributed by atoms with Gasteiger partial charge in [0.1, 0.15) is 6.33 Å². The largest absolute Gasteiger partial charge is 0.478 e. The smallest absolute Gasteiger partial charge is 0.335 e. The maximum atomic E-state index is 11.1. The van der Waals surface area contributed by atoms with E-state index in [0.717, 1.165) is 22.0 Å². The van der Waals surface area contributed by atoms with Crippen LogP contribution in [0, 0.1) is 0 Å². The highest BCUT2D eigenvalue weighted by atomic mass is 16.4. The van der Waals surface area contributed by atoms with Gasteiger partial charge in [0.2, 0.25) is 0 Å². The summed E-state index contributed by atoms with van der Waals surface area (Å²) in [5.74, 6) is -0.299. The summed E-state index contributed by atoms with van der Waals surface area (Å²) in [7, 11) is 0. The molecule has 7 nitrogen and oxygen atoms in total. The molecule has 2 aromatic heterocycles. The Hall–Kier alpha value is -3.48. The van der Waals surface area contributed by atoms with Gasteiger partial charge in [0.15, 0.2) is 5.82 Å². The number of nitrogens with zero attached hydrogens (tertiary/aromatic N) is 3. The first kappa shape index (κ1) is 13.2. The molecule has 2 aromatic carbocycles. The second-order valence-corrected chi connectivity index (χ2v) is 5.05. The number of hydrogen-bond acceptors (Lipinski definition) is 4. The number of carboxylic acid groups (broad SMARTS) is 1. The minimum absolute atomic E-state index is 0.227.